The van der Waals surface area contributed by atoms with Crippen LogP contribution < -0.4 is 45.7 Å². The van der Waals surface area contributed by atoms with Gasteiger partial charge in [0.15, 0.2) is 17.4 Å². The first kappa shape index (κ1) is 18.0. The van der Waals surface area contributed by atoms with Gasteiger partial charge in [-0.3, -0.25) is 18.9 Å². The zero-order chi connectivity index (χ0) is 16.4. The Bertz CT molecular complexity index is 886. The van der Waals surface area contributed by atoms with Gasteiger partial charge < -0.3 is 29.5 Å². The van der Waals surface area contributed by atoms with Gasteiger partial charge in [0.1, 0.15) is 18.3 Å². The Hall–Kier alpha value is -0.820. The molecular weight excluding hydrogens is 356 g/mol. The van der Waals surface area contributed by atoms with Gasteiger partial charge in [-0.25, -0.2) is 4.98 Å². The number of aromatic nitrogens is 4. The molecule has 2 saturated heterocycles. The van der Waals surface area contributed by atoms with Crippen molar-refractivity contribution in [2.45, 2.75) is 24.5 Å². The van der Waals surface area contributed by atoms with Crippen LogP contribution in [0.1, 0.15) is 6.23 Å². The van der Waals surface area contributed by atoms with Gasteiger partial charge in [-0.2, -0.15) is 4.98 Å². The summed E-state index contributed by atoms with van der Waals surface area (Å²) in [6, 6.07) is 0. The Balaban J connectivity index is 0.00000169. The van der Waals surface area contributed by atoms with Crippen LogP contribution in [0.3, 0.4) is 0 Å². The molecule has 4 heterocycles. The summed E-state index contributed by atoms with van der Waals surface area (Å²) in [6.45, 7) is -0.276. The standard InChI is InChI=1S/C10H12N5O7P.Na/c11-10-13-7-4(8(17)14-10)12-2-15(7)9-5(16)6-3(21-9)1-20-23(18,19)22-6;/h2-3,5-6,9,16H,1H2,(H,18,19)(H3,11,13,14,17);/q;+1/p-1/t3-,5?,6+,9-;/m1./s1. The van der Waals surface area contributed by atoms with Crippen molar-refractivity contribution in [3.8, 4) is 0 Å². The number of nitrogens with one attached hydrogen (secondary N) is 1. The molecule has 5 atom stereocenters. The molecule has 14 heteroatoms. The number of phosphoric acid groups is 1. The number of aromatic amines is 1. The van der Waals surface area contributed by atoms with Gasteiger partial charge in [-0.05, 0) is 0 Å². The molecule has 124 valence electrons. The minimum Gasteiger partial charge on any atom is -0.756 e. The van der Waals surface area contributed by atoms with Gasteiger partial charge in [0.25, 0.3) is 13.4 Å². The number of ether oxygens (including phenoxy) is 1. The van der Waals surface area contributed by atoms with Crippen LogP contribution in [0.15, 0.2) is 11.1 Å². The molecule has 4 rings (SSSR count). The maximum absolute atomic E-state index is 11.8. The Labute approximate surface area is 155 Å². The van der Waals surface area contributed by atoms with Crippen LogP contribution in [-0.2, 0) is 18.3 Å². The molecule has 4 N–H and O–H groups in total. The van der Waals surface area contributed by atoms with Crippen molar-refractivity contribution in [1.29, 1.82) is 0 Å². The number of rotatable bonds is 1. The molecular formula is C10H11N5NaO7P. The Morgan fingerprint density at radius 1 is 1.54 bits per heavy atom. The van der Waals surface area contributed by atoms with Crippen molar-refractivity contribution in [1.82, 2.24) is 19.5 Å². The number of phosphoric ester groups is 1. The minimum absolute atomic E-state index is 0. The summed E-state index contributed by atoms with van der Waals surface area (Å²) in [6.07, 6.45) is -3.04. The summed E-state index contributed by atoms with van der Waals surface area (Å²) in [5.74, 6) is -0.127. The fourth-order valence-corrected chi connectivity index (χ4v) is 3.64. The molecule has 2 aromatic rings. The van der Waals surface area contributed by atoms with E-state index >= 15 is 0 Å². The maximum atomic E-state index is 11.8. The van der Waals surface area contributed by atoms with E-state index in [4.69, 9.17) is 15.0 Å². The molecule has 0 saturated carbocycles. The molecule has 0 aromatic carbocycles. The van der Waals surface area contributed by atoms with E-state index in [0.29, 0.717) is 0 Å². The topological polar surface area (TPSA) is 178 Å². The third-order valence-electron chi connectivity index (χ3n) is 3.68. The maximum Gasteiger partial charge on any atom is 1.00 e. The minimum atomic E-state index is -4.47. The van der Waals surface area contributed by atoms with E-state index in [-0.39, 0.29) is 53.3 Å². The second kappa shape index (κ2) is 6.16. The number of nitrogens with zero attached hydrogens (tertiary/aromatic N) is 3. The fourth-order valence-electron chi connectivity index (χ4n) is 2.69. The number of aliphatic hydroxyl groups excluding tert-OH is 1. The average molecular weight is 367 g/mol. The third kappa shape index (κ3) is 2.83. The number of fused-ring (bicyclic) bond motifs is 2. The van der Waals surface area contributed by atoms with Gasteiger partial charge in [0.05, 0.1) is 12.9 Å². The summed E-state index contributed by atoms with van der Waals surface area (Å²) >= 11 is 0. The molecule has 2 aromatic heterocycles. The van der Waals surface area contributed by atoms with Crippen LogP contribution in [0, 0.1) is 0 Å². The molecule has 0 bridgehead atoms. The van der Waals surface area contributed by atoms with E-state index in [9.17, 15) is 19.4 Å². The van der Waals surface area contributed by atoms with E-state index in [1.54, 1.807) is 0 Å². The first-order valence-electron chi connectivity index (χ1n) is 6.55. The predicted octanol–water partition coefficient (Wildman–Crippen LogP) is -5.15. The Morgan fingerprint density at radius 2 is 2.29 bits per heavy atom. The number of anilines is 1. The number of hydrogen-bond acceptors (Lipinski definition) is 10. The summed E-state index contributed by atoms with van der Waals surface area (Å²) in [5, 5.41) is 10.3. The molecule has 12 nitrogen and oxygen atoms in total. The molecule has 2 unspecified atom stereocenters. The van der Waals surface area contributed by atoms with Gasteiger partial charge >= 0.3 is 29.6 Å². The van der Waals surface area contributed by atoms with Crippen LogP contribution >= 0.6 is 7.82 Å². The van der Waals surface area contributed by atoms with Crippen molar-refractivity contribution in [3.05, 3.63) is 16.7 Å². The number of H-pyrrole nitrogens is 1. The number of imidazole rings is 1. The van der Waals surface area contributed by atoms with Crippen LogP contribution in [0.2, 0.25) is 0 Å². The molecule has 2 aliphatic heterocycles. The van der Waals surface area contributed by atoms with E-state index in [1.165, 1.54) is 10.9 Å². The normalized spacial score (nSPS) is 35.6. The van der Waals surface area contributed by atoms with E-state index in [2.05, 4.69) is 19.5 Å². The number of nitrogens with two attached hydrogens (primary N) is 1. The largest absolute Gasteiger partial charge is 1.00 e. The van der Waals surface area contributed by atoms with Crippen molar-refractivity contribution in [3.63, 3.8) is 0 Å². The third-order valence-corrected chi connectivity index (χ3v) is 4.65. The molecule has 0 radical (unpaired) electrons. The summed E-state index contributed by atoms with van der Waals surface area (Å²) in [4.78, 5) is 33.3. The van der Waals surface area contributed by atoms with E-state index in [1.807, 2.05) is 0 Å². The SMILES string of the molecule is Nc1nc2c(ncn2[C@@H]2O[C@@H]3COP(=O)([O-])O[C@@H]3C2O)c(=O)[nH]1.[Na+]. The van der Waals surface area contributed by atoms with Crippen LogP contribution in [-0.4, -0.2) is 49.5 Å². The smallest absolute Gasteiger partial charge is 0.756 e. The molecule has 2 aliphatic rings. The van der Waals surface area contributed by atoms with Crippen molar-refractivity contribution < 1.29 is 57.9 Å². The van der Waals surface area contributed by atoms with Crippen molar-refractivity contribution in [2.75, 3.05) is 12.3 Å². The van der Waals surface area contributed by atoms with Crippen LogP contribution in [0.25, 0.3) is 11.2 Å². The summed E-state index contributed by atoms with van der Waals surface area (Å²) in [5.41, 5.74) is 5.07. The zero-order valence-corrected chi connectivity index (χ0v) is 15.3. The van der Waals surface area contributed by atoms with Gasteiger partial charge in [0, 0.05) is 0 Å². The average Bonchev–Trinajstić information content (AvgIpc) is 3.00. The quantitative estimate of drug-likeness (QED) is 0.326. The summed E-state index contributed by atoms with van der Waals surface area (Å²) in [7, 11) is -4.47. The van der Waals surface area contributed by atoms with Crippen molar-refractivity contribution >= 4 is 24.9 Å². The monoisotopic (exact) mass is 367 g/mol. The second-order valence-electron chi connectivity index (χ2n) is 5.14. The van der Waals surface area contributed by atoms with Crippen LogP contribution in [0.5, 0.6) is 0 Å². The number of nitrogen functional groups attached to an aromatic ring is 1. The van der Waals surface area contributed by atoms with E-state index in [0.717, 1.165) is 0 Å². The molecule has 24 heavy (non-hydrogen) atoms. The first-order valence-corrected chi connectivity index (χ1v) is 8.01. The first-order chi connectivity index (χ1) is 10.9. The van der Waals surface area contributed by atoms with Gasteiger partial charge in [-0.1, -0.05) is 0 Å². The zero-order valence-electron chi connectivity index (χ0n) is 12.4. The molecule has 2 fully saturated rings. The molecule has 0 amide bonds. The number of hydrogen-bond donors (Lipinski definition) is 3. The second-order valence-corrected chi connectivity index (χ2v) is 6.51. The number of aliphatic hydroxyl groups is 1. The molecule has 0 aliphatic carbocycles. The van der Waals surface area contributed by atoms with Gasteiger partial charge in [0.2, 0.25) is 5.95 Å². The van der Waals surface area contributed by atoms with E-state index < -0.39 is 37.9 Å². The van der Waals surface area contributed by atoms with Crippen molar-refractivity contribution in [2.24, 2.45) is 0 Å². The predicted molar refractivity (Wildman–Crippen MR) is 70.9 cm³/mol. The molecule has 0 spiro atoms. The Kier molecular flexibility index (Phi) is 4.62. The summed E-state index contributed by atoms with van der Waals surface area (Å²) < 4.78 is 27.5. The van der Waals surface area contributed by atoms with Crippen LogP contribution in [0.4, 0.5) is 5.95 Å². The Morgan fingerprint density at radius 3 is 3.04 bits per heavy atom. The van der Waals surface area contributed by atoms with Gasteiger partial charge in [-0.15, -0.1) is 0 Å². The fraction of sp³-hybridized carbons (Fsp3) is 0.500.